The molecule has 1 aromatic rings. The molecule has 0 spiro atoms. The lowest BCUT2D eigenvalue weighted by atomic mass is 9.55. The van der Waals surface area contributed by atoms with Gasteiger partial charge < -0.3 is 19.6 Å². The Hall–Kier alpha value is -1.58. The van der Waals surface area contributed by atoms with Crippen LogP contribution >= 0.6 is 12.6 Å². The molecule has 5 rings (SSSR count). The van der Waals surface area contributed by atoms with Gasteiger partial charge in [0.15, 0.2) is 0 Å². The van der Waals surface area contributed by atoms with Gasteiger partial charge in [0.1, 0.15) is 0 Å². The SMILES string of the molecule is C=C(C)C.CC(=O)O.CCC.COC1CCC2C3CCc4cc(N5CCC(N(C)C)CC5)ccc4C3CCC12C.[B]C(CCCS)C(C)(F)F. The number of aryl methyl sites for hydroxylation is 1. The Labute approximate surface area is 312 Å². The highest BCUT2D eigenvalue weighted by Gasteiger charge is 2.55. The number of methoxy groups -OCH3 is 1. The summed E-state index contributed by atoms with van der Waals surface area (Å²) in [5.41, 5.74) is 6.41. The molecule has 1 heterocycles. The third kappa shape index (κ3) is 14.4. The van der Waals surface area contributed by atoms with Gasteiger partial charge in [-0.3, -0.25) is 4.79 Å². The number of ether oxygens (including phenoxy) is 1. The van der Waals surface area contributed by atoms with Crippen molar-refractivity contribution in [3.05, 3.63) is 41.5 Å². The lowest BCUT2D eigenvalue weighted by Gasteiger charge is -2.50. The van der Waals surface area contributed by atoms with E-state index in [1.807, 2.05) is 21.0 Å². The van der Waals surface area contributed by atoms with Crippen LogP contribution < -0.4 is 4.90 Å². The molecule has 3 aliphatic carbocycles. The Morgan fingerprint density at radius 2 is 1.70 bits per heavy atom. The van der Waals surface area contributed by atoms with Crippen molar-refractivity contribution in [2.75, 3.05) is 44.9 Å². The summed E-state index contributed by atoms with van der Waals surface area (Å²) in [5, 5.41) is 7.42. The zero-order valence-corrected chi connectivity index (χ0v) is 34.1. The minimum absolute atomic E-state index is 0.340. The number of nitrogens with zero attached hydrogens (tertiary/aromatic N) is 2. The van der Waals surface area contributed by atoms with E-state index in [1.165, 1.54) is 82.1 Å². The van der Waals surface area contributed by atoms with E-state index in [0.717, 1.165) is 37.6 Å². The maximum Gasteiger partial charge on any atom is 0.300 e. The van der Waals surface area contributed by atoms with E-state index in [-0.39, 0.29) is 0 Å². The van der Waals surface area contributed by atoms with Gasteiger partial charge in [-0.1, -0.05) is 45.3 Å². The summed E-state index contributed by atoms with van der Waals surface area (Å²) >= 11 is 3.89. The standard InChI is InChI=1S/C26H40N2O.C6H11BF2S.C4H8.C3H8.C2H4O2/c1-26-14-11-22-21-8-6-20(28-15-12-19(13-16-28)27(2)3)17-18(21)5-7-23(22)24(26)9-10-25(26)29-4;1-6(8,9)5(7)3-2-4-10;1-4(2)3;1-3-2;1-2(3)4/h6,8,17,19,22-25H,5,7,9-16H2,1-4H3;5,10H,2-4H2,1H3;1H2,2-3H3;3H2,1-2H3;1H3,(H,3,4). The molecule has 0 amide bonds. The molecule has 2 saturated carbocycles. The molecule has 3 fully saturated rings. The fourth-order valence-corrected chi connectivity index (χ4v) is 8.49. The summed E-state index contributed by atoms with van der Waals surface area (Å²) in [6, 6.07) is 8.27. The molecule has 1 aliphatic heterocycles. The van der Waals surface area contributed by atoms with Crippen LogP contribution in [0.15, 0.2) is 30.4 Å². The van der Waals surface area contributed by atoms with Gasteiger partial charge >= 0.3 is 0 Å². The average Bonchev–Trinajstić information content (AvgIpc) is 3.39. The molecule has 50 heavy (non-hydrogen) atoms. The first-order chi connectivity index (χ1) is 23.4. The van der Waals surface area contributed by atoms with Gasteiger partial charge in [-0.05, 0) is 151 Å². The molecular formula is C41H71BF2N2O3S. The molecule has 1 aromatic carbocycles. The average molecular weight is 721 g/mol. The number of thiol groups is 1. The van der Waals surface area contributed by atoms with E-state index < -0.39 is 17.7 Å². The minimum atomic E-state index is -2.75. The topological polar surface area (TPSA) is 53.0 Å². The number of carboxylic acids is 1. The molecule has 6 unspecified atom stereocenters. The molecule has 1 N–H and O–H groups in total. The van der Waals surface area contributed by atoms with Crippen molar-refractivity contribution in [2.45, 2.75) is 149 Å². The number of benzene rings is 1. The van der Waals surface area contributed by atoms with Crippen LogP contribution in [0, 0.1) is 17.3 Å². The fraction of sp³-hybridized carbons (Fsp3) is 0.780. The number of carbonyl (C=O) groups is 1. The molecule has 0 aromatic heterocycles. The number of anilines is 1. The van der Waals surface area contributed by atoms with Crippen molar-refractivity contribution in [1.82, 2.24) is 4.90 Å². The van der Waals surface area contributed by atoms with Crippen LogP contribution in [-0.4, -0.2) is 81.9 Å². The maximum absolute atomic E-state index is 12.3. The largest absolute Gasteiger partial charge is 0.481 e. The number of fused-ring (bicyclic) bond motifs is 5. The van der Waals surface area contributed by atoms with Crippen LogP contribution in [0.2, 0.25) is 5.82 Å². The van der Waals surface area contributed by atoms with Crippen LogP contribution in [0.3, 0.4) is 0 Å². The second-order valence-electron chi connectivity index (χ2n) is 15.7. The molecule has 6 atom stereocenters. The Balaban J connectivity index is 0.000000492. The van der Waals surface area contributed by atoms with Gasteiger partial charge in [0.2, 0.25) is 5.92 Å². The van der Waals surface area contributed by atoms with Crippen LogP contribution in [0.1, 0.15) is 130 Å². The minimum Gasteiger partial charge on any atom is -0.481 e. The first-order valence-electron chi connectivity index (χ1n) is 19.0. The predicted octanol–water partition coefficient (Wildman–Crippen LogP) is 10.5. The first-order valence-corrected chi connectivity index (χ1v) is 19.6. The molecular weight excluding hydrogens is 649 g/mol. The number of piperidine rings is 1. The van der Waals surface area contributed by atoms with Gasteiger partial charge in [-0.25, -0.2) is 8.78 Å². The zero-order valence-electron chi connectivity index (χ0n) is 33.2. The normalized spacial score (nSPS) is 26.1. The summed E-state index contributed by atoms with van der Waals surface area (Å²) in [6.45, 7) is 18.6. The number of hydrogen-bond acceptors (Lipinski definition) is 5. The second kappa shape index (κ2) is 22.5. The van der Waals surface area contributed by atoms with Crippen molar-refractivity contribution in [2.24, 2.45) is 17.3 Å². The lowest BCUT2D eigenvalue weighted by Crippen LogP contribution is -2.44. The highest BCUT2D eigenvalue weighted by atomic mass is 32.1. The summed E-state index contributed by atoms with van der Waals surface area (Å²) in [5.74, 6) is -1.44. The Morgan fingerprint density at radius 1 is 1.14 bits per heavy atom. The van der Waals surface area contributed by atoms with Crippen LogP contribution in [0.4, 0.5) is 14.5 Å². The third-order valence-corrected chi connectivity index (χ3v) is 11.1. The third-order valence-electron chi connectivity index (χ3n) is 10.8. The van der Waals surface area contributed by atoms with Crippen molar-refractivity contribution >= 4 is 32.1 Å². The molecule has 286 valence electrons. The summed E-state index contributed by atoms with van der Waals surface area (Å²) in [7, 11) is 11.5. The van der Waals surface area contributed by atoms with Crippen LogP contribution in [-0.2, 0) is 16.0 Å². The fourth-order valence-electron chi connectivity index (χ4n) is 8.31. The lowest BCUT2D eigenvalue weighted by molar-refractivity contribution is -0.134. The number of carboxylic acid groups (broad SMARTS) is 1. The van der Waals surface area contributed by atoms with Crippen molar-refractivity contribution in [1.29, 1.82) is 0 Å². The highest BCUT2D eigenvalue weighted by Crippen LogP contribution is 2.61. The number of allylic oxidation sites excluding steroid dienone is 1. The smallest absolute Gasteiger partial charge is 0.300 e. The van der Waals surface area contributed by atoms with E-state index in [2.05, 4.69) is 82.1 Å². The predicted molar refractivity (Wildman–Crippen MR) is 214 cm³/mol. The van der Waals surface area contributed by atoms with Gasteiger partial charge in [0, 0.05) is 38.9 Å². The Morgan fingerprint density at radius 3 is 2.18 bits per heavy atom. The van der Waals surface area contributed by atoms with Gasteiger partial charge in [0.25, 0.3) is 5.97 Å². The molecule has 4 aliphatic rings. The summed E-state index contributed by atoms with van der Waals surface area (Å²) in [4.78, 5) is 14.0. The number of aliphatic carboxylic acids is 1. The van der Waals surface area contributed by atoms with Crippen molar-refractivity contribution in [3.8, 4) is 0 Å². The number of halogens is 2. The molecule has 1 saturated heterocycles. The van der Waals surface area contributed by atoms with E-state index in [4.69, 9.17) is 22.5 Å². The number of hydrogen-bond donors (Lipinski definition) is 2. The van der Waals surface area contributed by atoms with Crippen LogP contribution in [0.25, 0.3) is 0 Å². The van der Waals surface area contributed by atoms with Crippen LogP contribution in [0.5, 0.6) is 0 Å². The Bertz CT molecular complexity index is 1120. The number of rotatable bonds is 7. The van der Waals surface area contributed by atoms with Gasteiger partial charge in [0.05, 0.1) is 14.0 Å². The number of alkyl halides is 2. The highest BCUT2D eigenvalue weighted by molar-refractivity contribution is 7.80. The van der Waals surface area contributed by atoms with E-state index in [9.17, 15) is 8.78 Å². The molecule has 9 heteroatoms. The second-order valence-corrected chi connectivity index (χ2v) is 16.1. The van der Waals surface area contributed by atoms with Gasteiger partial charge in [-0.15, -0.1) is 6.58 Å². The monoisotopic (exact) mass is 721 g/mol. The zero-order chi connectivity index (χ0) is 38.2. The maximum atomic E-state index is 12.3. The van der Waals surface area contributed by atoms with E-state index >= 15 is 0 Å². The first kappa shape index (κ1) is 46.4. The van der Waals surface area contributed by atoms with Crippen molar-refractivity contribution < 1.29 is 23.4 Å². The molecule has 0 bridgehead atoms. The summed E-state index contributed by atoms with van der Waals surface area (Å²) < 4.78 is 30.5. The van der Waals surface area contributed by atoms with Gasteiger partial charge in [-0.2, -0.15) is 12.6 Å². The molecule has 2 radical (unpaired) electrons. The van der Waals surface area contributed by atoms with E-state index in [0.29, 0.717) is 30.1 Å². The van der Waals surface area contributed by atoms with E-state index in [1.54, 1.807) is 11.1 Å². The summed E-state index contributed by atoms with van der Waals surface area (Å²) in [6.07, 6.45) is 13.3. The quantitative estimate of drug-likeness (QED) is 0.167. The molecule has 5 nitrogen and oxygen atoms in total. The Kier molecular flexibility index (Phi) is 20.9. The van der Waals surface area contributed by atoms with Crippen molar-refractivity contribution in [3.63, 3.8) is 0 Å².